The van der Waals surface area contributed by atoms with E-state index >= 15 is 0 Å². The van der Waals surface area contributed by atoms with Gasteiger partial charge < -0.3 is 44.7 Å². The topological polar surface area (TPSA) is 208 Å². The number of ketones is 4. The Morgan fingerprint density at radius 1 is 0.292 bits per heavy atom. The van der Waals surface area contributed by atoms with Gasteiger partial charge in [0.15, 0.2) is 0 Å². The molecule has 137 heavy (non-hydrogen) atoms. The summed E-state index contributed by atoms with van der Waals surface area (Å²) < 4.78 is 27.4. The van der Waals surface area contributed by atoms with Crippen molar-refractivity contribution < 1.29 is 58.6 Å². The highest BCUT2D eigenvalue weighted by molar-refractivity contribution is 7.23. The van der Waals surface area contributed by atoms with Crippen LogP contribution < -0.4 is 24.3 Å². The van der Waals surface area contributed by atoms with Crippen LogP contribution in [0.1, 0.15) is 181 Å². The summed E-state index contributed by atoms with van der Waals surface area (Å²) in [5.74, 6) is 4.11. The predicted octanol–water partition coefficient (Wildman–Crippen LogP) is 28.5. The lowest BCUT2D eigenvalue weighted by Gasteiger charge is -2.30. The SMILES string of the molecule is CC.CC.CC.CC.O=C(c1ccccc1)c1sc2cc(O)ccc2c1-c1ccc(OCCC2CCCCN2)cc1.O=C(c1ccccc1)c1sc2cc(O)ccc2c1-c1ccc(OCCN2CCC2)cc1.O=C(c1ccccc1)c1sc2cc(O)ccc2c1-c1ccc(OCCN2CCCC2)cc1.O=C(c1ccccc1)c1sc2cc(O)ccc2c1-c1ccc(OCCN2CCCCC2)cc1. The molecule has 1 atom stereocenters. The summed E-state index contributed by atoms with van der Waals surface area (Å²) in [6, 6.07) is 90.9. The highest BCUT2D eigenvalue weighted by Gasteiger charge is 2.28. The Hall–Kier alpha value is -12.6. The van der Waals surface area contributed by atoms with E-state index in [1.165, 1.54) is 142 Å². The number of carbonyl (C=O) groups excluding carboxylic acids is 4. The maximum Gasteiger partial charge on any atom is 0.203 e. The van der Waals surface area contributed by atoms with Crippen LogP contribution in [0.5, 0.6) is 46.0 Å². The zero-order valence-corrected chi connectivity index (χ0v) is 83.1. The number of hydrogen-bond acceptors (Lipinski definition) is 20. The number of nitrogens with zero attached hydrogens (tertiary/aromatic N) is 3. The molecule has 0 amide bonds. The fourth-order valence-corrected chi connectivity index (χ4v) is 21.9. The van der Waals surface area contributed by atoms with E-state index < -0.39 is 0 Å². The smallest absolute Gasteiger partial charge is 0.203 e. The normalized spacial score (nSPS) is 13.9. The first-order valence-corrected chi connectivity index (χ1v) is 51.8. The van der Waals surface area contributed by atoms with E-state index in [9.17, 15) is 39.6 Å². The lowest BCUT2D eigenvalue weighted by Crippen LogP contribution is -2.39. The number of ether oxygens (including phenoxy) is 4. The van der Waals surface area contributed by atoms with Gasteiger partial charge in [-0.25, -0.2) is 0 Å². The summed E-state index contributed by atoms with van der Waals surface area (Å²) in [6.45, 7) is 29.7. The van der Waals surface area contributed by atoms with Gasteiger partial charge >= 0.3 is 0 Å². The molecule has 20 heteroatoms. The van der Waals surface area contributed by atoms with Crippen LogP contribution in [0, 0.1) is 0 Å². The maximum atomic E-state index is 13.4. The van der Waals surface area contributed by atoms with Crippen LogP contribution in [-0.2, 0) is 0 Å². The number of piperidine rings is 2. The quantitative estimate of drug-likeness (QED) is 0.0289. The molecule has 4 aliphatic rings. The predicted molar refractivity (Wildman–Crippen MR) is 570 cm³/mol. The maximum absolute atomic E-state index is 13.4. The number of rotatable bonds is 28. The molecule has 4 fully saturated rings. The molecule has 0 radical (unpaired) electrons. The molecule has 4 aliphatic heterocycles. The number of benzene rings is 12. The summed E-state index contributed by atoms with van der Waals surface area (Å²) in [5.41, 5.74) is 10.1. The fourth-order valence-electron chi connectivity index (χ4n) is 17.0. The van der Waals surface area contributed by atoms with Gasteiger partial charge in [-0.1, -0.05) is 238 Å². The van der Waals surface area contributed by atoms with Crippen molar-refractivity contribution in [1.82, 2.24) is 20.0 Å². The van der Waals surface area contributed by atoms with E-state index in [1.807, 2.05) is 298 Å². The van der Waals surface area contributed by atoms with Crippen molar-refractivity contribution in [1.29, 1.82) is 0 Å². The Kier molecular flexibility index (Phi) is 38.7. The number of thiophene rings is 4. The zero-order valence-electron chi connectivity index (χ0n) is 79.8. The second-order valence-electron chi connectivity index (χ2n) is 32.8. The Morgan fingerprint density at radius 2 is 0.540 bits per heavy atom. The van der Waals surface area contributed by atoms with E-state index in [2.05, 4.69) is 20.0 Å². The molecule has 12 aromatic carbocycles. The number of nitrogens with one attached hydrogen (secondary N) is 1. The van der Waals surface area contributed by atoms with Crippen molar-refractivity contribution in [3.8, 4) is 90.5 Å². The third-order valence-corrected chi connectivity index (χ3v) is 28.6. The van der Waals surface area contributed by atoms with Crippen LogP contribution in [0.15, 0.2) is 291 Å². The van der Waals surface area contributed by atoms with E-state index in [1.54, 1.807) is 48.5 Å². The molecule has 710 valence electrons. The van der Waals surface area contributed by atoms with Gasteiger partial charge in [-0.2, -0.15) is 0 Å². The Bertz CT molecular complexity index is 6300. The van der Waals surface area contributed by atoms with Crippen molar-refractivity contribution in [2.45, 2.75) is 126 Å². The van der Waals surface area contributed by atoms with Crippen LogP contribution >= 0.6 is 45.3 Å². The van der Waals surface area contributed by atoms with Crippen LogP contribution in [0.4, 0.5) is 0 Å². The Labute approximate surface area is 822 Å². The number of likely N-dealkylation sites (tertiary alicyclic amines) is 3. The molecule has 1 unspecified atom stereocenters. The van der Waals surface area contributed by atoms with Gasteiger partial charge in [0.25, 0.3) is 0 Å². The minimum atomic E-state index is -0.00818. The largest absolute Gasteiger partial charge is 0.508 e. The highest BCUT2D eigenvalue weighted by atomic mass is 32.1. The van der Waals surface area contributed by atoms with Gasteiger partial charge in [-0.05, 0) is 241 Å². The minimum Gasteiger partial charge on any atom is -0.508 e. The summed E-state index contributed by atoms with van der Waals surface area (Å²) in [4.78, 5) is 63.4. The fraction of sp³-hybridized carbons (Fsp3) is 0.282. The van der Waals surface area contributed by atoms with E-state index in [-0.39, 0.29) is 46.1 Å². The molecule has 20 rings (SSSR count). The number of carbonyl (C=O) groups is 4. The lowest BCUT2D eigenvalue weighted by molar-refractivity contribution is 0.103. The van der Waals surface area contributed by atoms with Gasteiger partial charge in [0, 0.05) is 111 Å². The third kappa shape index (κ3) is 26.8. The molecule has 0 saturated carbocycles. The summed E-state index contributed by atoms with van der Waals surface area (Å²) in [6.07, 6.45) is 12.5. The van der Waals surface area contributed by atoms with Crippen LogP contribution in [0.3, 0.4) is 0 Å². The summed E-state index contributed by atoms with van der Waals surface area (Å²) in [5, 5.41) is 47.3. The Balaban J connectivity index is 0.000000151. The molecular weight excluding hydrogens is 1780 g/mol. The molecule has 0 spiro atoms. The second kappa shape index (κ2) is 52.1. The number of hydrogen-bond donors (Lipinski definition) is 5. The van der Waals surface area contributed by atoms with Crippen molar-refractivity contribution in [2.24, 2.45) is 0 Å². The standard InChI is InChI=1S/2C28H27NO3S.C27H25NO3S.C26H23NO3S.4C2H6/c30-22-11-14-24-25(19-22)33-28(27(31)21-7-3-1-4-8-21)26(24)20-9-12-23(13-10-20)32-18-17-29-15-5-2-6-16-29;30-22-11-14-24-25(18-22)33-28(27(31)20-6-2-1-3-7-20)26(24)19-9-12-23(13-10-19)32-17-15-21-8-4-5-16-29-21;29-21-10-13-23-24(18-21)32-27(26(30)20-6-2-1-3-7-20)25(23)19-8-11-22(12-9-19)31-17-16-28-14-4-5-15-28;28-20-9-12-22-23(17-20)31-26(25(29)19-5-2-1-3-6-19)24(22)18-7-10-21(11-8-18)30-16-15-27-13-4-14-27;4*1-2/h1,3-4,7-14,19,30H,2,5-6,15-18H2;1-3,6-7,9-14,18,21,29-30H,4-5,8,15-17H2;1-3,6-13,18,29H,4-5,14-17H2;1-3,5-12,17,28H,4,13-16H2;4*1-2H3. The van der Waals surface area contributed by atoms with E-state index in [0.717, 1.165) is 140 Å². The molecule has 16 aromatic rings. The number of aromatic hydroxyl groups is 4. The van der Waals surface area contributed by atoms with Gasteiger partial charge in [-0.15, -0.1) is 45.3 Å². The highest BCUT2D eigenvalue weighted by Crippen LogP contribution is 2.47. The van der Waals surface area contributed by atoms with E-state index in [4.69, 9.17) is 18.9 Å². The molecule has 4 saturated heterocycles. The lowest BCUT2D eigenvalue weighted by atomic mass is 9.98. The minimum absolute atomic E-state index is 0.00634. The molecular formula is C117H126N4O12S4. The monoisotopic (exact) mass is 1910 g/mol. The average molecular weight is 1910 g/mol. The van der Waals surface area contributed by atoms with Crippen LogP contribution in [0.2, 0.25) is 0 Å². The molecule has 8 heterocycles. The van der Waals surface area contributed by atoms with E-state index in [0.29, 0.717) is 74.2 Å². The van der Waals surface area contributed by atoms with Crippen molar-refractivity contribution in [3.63, 3.8) is 0 Å². The van der Waals surface area contributed by atoms with Gasteiger partial charge in [0.05, 0.1) is 26.1 Å². The molecule has 4 aromatic heterocycles. The van der Waals surface area contributed by atoms with Crippen molar-refractivity contribution in [3.05, 3.63) is 333 Å². The van der Waals surface area contributed by atoms with Gasteiger partial charge in [0.1, 0.15) is 65.8 Å². The molecule has 16 nitrogen and oxygen atoms in total. The van der Waals surface area contributed by atoms with Crippen LogP contribution in [0.25, 0.3) is 84.9 Å². The number of fused-ring (bicyclic) bond motifs is 4. The molecule has 0 aliphatic carbocycles. The van der Waals surface area contributed by atoms with Crippen molar-refractivity contribution in [2.75, 3.05) is 91.9 Å². The first kappa shape index (κ1) is 102. The zero-order chi connectivity index (χ0) is 96.4. The Morgan fingerprint density at radius 3 is 0.781 bits per heavy atom. The first-order valence-electron chi connectivity index (χ1n) is 48.5. The molecule has 0 bridgehead atoms. The summed E-state index contributed by atoms with van der Waals surface area (Å²) >= 11 is 5.69. The van der Waals surface area contributed by atoms with Gasteiger partial charge in [0.2, 0.25) is 23.1 Å². The summed E-state index contributed by atoms with van der Waals surface area (Å²) in [7, 11) is 0. The van der Waals surface area contributed by atoms with Crippen molar-refractivity contribution >= 4 is 109 Å². The number of phenolic OH excluding ortho intramolecular Hbond substituents is 4. The second-order valence-corrected chi connectivity index (χ2v) is 37.0. The number of phenols is 4. The molecule has 5 N–H and O–H groups in total. The average Bonchev–Trinajstić information content (AvgIpc) is 1.64. The van der Waals surface area contributed by atoms with Gasteiger partial charge in [-0.3, -0.25) is 33.9 Å². The van der Waals surface area contributed by atoms with Crippen LogP contribution in [-0.4, -0.2) is 156 Å². The first-order chi connectivity index (χ1) is 67.2. The third-order valence-electron chi connectivity index (χ3n) is 24.0.